The summed E-state index contributed by atoms with van der Waals surface area (Å²) in [5, 5.41) is 10.2. The van der Waals surface area contributed by atoms with E-state index in [4.69, 9.17) is 4.74 Å². The quantitative estimate of drug-likeness (QED) is 0.861. The van der Waals surface area contributed by atoms with Crippen LogP contribution in [0.3, 0.4) is 0 Å². The molecule has 1 rings (SSSR count). The Labute approximate surface area is 121 Å². The van der Waals surface area contributed by atoms with Crippen molar-refractivity contribution in [3.63, 3.8) is 0 Å². The van der Waals surface area contributed by atoms with Gasteiger partial charge < -0.3 is 9.84 Å². The largest absolute Gasteiger partial charge is 0.444 e. The number of likely N-dealkylation sites (tertiary alicyclic amines) is 1. The van der Waals surface area contributed by atoms with Gasteiger partial charge in [0.15, 0.2) is 5.78 Å². The van der Waals surface area contributed by atoms with Crippen LogP contribution in [0.1, 0.15) is 53.9 Å². The first-order chi connectivity index (χ1) is 9.17. The average molecular weight is 285 g/mol. The number of unbranched alkanes of at least 4 members (excludes halogenated alkanes) is 1. The summed E-state index contributed by atoms with van der Waals surface area (Å²) < 4.78 is 5.33. The van der Waals surface area contributed by atoms with Crippen molar-refractivity contribution in [3.8, 4) is 0 Å². The van der Waals surface area contributed by atoms with Crippen molar-refractivity contribution in [2.45, 2.75) is 71.6 Å². The second-order valence-electron chi connectivity index (χ2n) is 6.56. The molecule has 0 aromatic rings. The van der Waals surface area contributed by atoms with Gasteiger partial charge in [-0.15, -0.1) is 0 Å². The highest BCUT2D eigenvalue weighted by Crippen LogP contribution is 2.31. The Kier molecular flexibility index (Phi) is 5.57. The maximum atomic E-state index is 12.2. The van der Waals surface area contributed by atoms with E-state index >= 15 is 0 Å². The van der Waals surface area contributed by atoms with E-state index in [0.717, 1.165) is 19.3 Å². The molecule has 1 fully saturated rings. The zero-order valence-corrected chi connectivity index (χ0v) is 13.2. The fourth-order valence-corrected chi connectivity index (χ4v) is 2.71. The molecule has 3 atom stereocenters. The highest BCUT2D eigenvalue weighted by atomic mass is 16.6. The second kappa shape index (κ2) is 6.57. The first-order valence-corrected chi connectivity index (χ1v) is 7.35. The SMILES string of the molecule is CCCCC1C(O)CN(C(=O)OC(C)(C)C)[C@@H]1C(C)=O. The van der Waals surface area contributed by atoms with Gasteiger partial charge in [0.25, 0.3) is 0 Å². The number of ether oxygens (including phenoxy) is 1. The van der Waals surface area contributed by atoms with E-state index in [0.29, 0.717) is 0 Å². The summed E-state index contributed by atoms with van der Waals surface area (Å²) in [6.45, 7) is 9.07. The molecule has 5 nitrogen and oxygen atoms in total. The van der Waals surface area contributed by atoms with Gasteiger partial charge in [-0.2, -0.15) is 0 Å². The number of ketones is 1. The molecule has 0 aromatic carbocycles. The van der Waals surface area contributed by atoms with Crippen molar-refractivity contribution in [2.75, 3.05) is 6.54 Å². The maximum absolute atomic E-state index is 12.2. The predicted molar refractivity (Wildman–Crippen MR) is 76.4 cm³/mol. The maximum Gasteiger partial charge on any atom is 0.411 e. The van der Waals surface area contributed by atoms with Crippen LogP contribution in [0.15, 0.2) is 0 Å². The van der Waals surface area contributed by atoms with Gasteiger partial charge >= 0.3 is 6.09 Å². The second-order valence-corrected chi connectivity index (χ2v) is 6.56. The van der Waals surface area contributed by atoms with Crippen molar-refractivity contribution in [1.82, 2.24) is 4.90 Å². The molecular formula is C15H27NO4. The predicted octanol–water partition coefficient (Wildman–Crippen LogP) is 2.36. The molecule has 0 bridgehead atoms. The lowest BCUT2D eigenvalue weighted by Crippen LogP contribution is -2.44. The third-order valence-electron chi connectivity index (χ3n) is 3.55. The van der Waals surface area contributed by atoms with Crippen LogP contribution in [0.5, 0.6) is 0 Å². The molecule has 0 aromatic heterocycles. The number of rotatable bonds is 4. The summed E-state index contributed by atoms with van der Waals surface area (Å²) in [5.74, 6) is -0.270. The Hall–Kier alpha value is -1.10. The van der Waals surface area contributed by atoms with Gasteiger partial charge in [0, 0.05) is 5.92 Å². The summed E-state index contributed by atoms with van der Waals surface area (Å²) in [4.78, 5) is 25.5. The van der Waals surface area contributed by atoms with Crippen LogP contribution < -0.4 is 0 Å². The Bertz CT molecular complexity index is 361. The number of carbonyl (C=O) groups excluding carboxylic acids is 2. The number of hydrogen-bond donors (Lipinski definition) is 1. The molecule has 1 heterocycles. The number of Topliss-reactive ketones (excluding diaryl/α,β-unsaturated/α-hetero) is 1. The number of aliphatic hydroxyl groups excluding tert-OH is 1. The van der Waals surface area contributed by atoms with E-state index in [-0.39, 0.29) is 18.2 Å². The van der Waals surface area contributed by atoms with Gasteiger partial charge in [0.05, 0.1) is 18.7 Å². The first kappa shape index (κ1) is 17.0. The van der Waals surface area contributed by atoms with Gasteiger partial charge in [0.1, 0.15) is 5.60 Å². The molecule has 116 valence electrons. The minimum atomic E-state index is -0.650. The van der Waals surface area contributed by atoms with Gasteiger partial charge in [0.2, 0.25) is 0 Å². The van der Waals surface area contributed by atoms with Crippen molar-refractivity contribution in [2.24, 2.45) is 5.92 Å². The van der Waals surface area contributed by atoms with Crippen molar-refractivity contribution < 1.29 is 19.4 Å². The fourth-order valence-electron chi connectivity index (χ4n) is 2.71. The highest BCUT2D eigenvalue weighted by molar-refractivity contribution is 5.86. The lowest BCUT2D eigenvalue weighted by Gasteiger charge is -2.29. The molecule has 0 saturated carbocycles. The van der Waals surface area contributed by atoms with Crippen LogP contribution in [-0.2, 0) is 9.53 Å². The molecule has 1 saturated heterocycles. The molecular weight excluding hydrogens is 258 g/mol. The standard InChI is InChI=1S/C15H27NO4/c1-6-7-8-11-12(18)9-16(13(11)10(2)17)14(19)20-15(3,4)5/h11-13,18H,6-9H2,1-5H3/t11?,12?,13-/m1/s1. The van der Waals surface area contributed by atoms with Gasteiger partial charge in [-0.05, 0) is 34.1 Å². The first-order valence-electron chi connectivity index (χ1n) is 7.35. The third-order valence-corrected chi connectivity index (χ3v) is 3.55. The van der Waals surface area contributed by atoms with Crippen LogP contribution >= 0.6 is 0 Å². The number of amides is 1. The lowest BCUT2D eigenvalue weighted by atomic mass is 9.90. The lowest BCUT2D eigenvalue weighted by molar-refractivity contribution is -0.122. The molecule has 2 unspecified atom stereocenters. The summed E-state index contributed by atoms with van der Waals surface area (Å²) in [7, 11) is 0. The average Bonchev–Trinajstić information content (AvgIpc) is 2.61. The molecule has 1 aliphatic rings. The smallest absolute Gasteiger partial charge is 0.411 e. The van der Waals surface area contributed by atoms with Crippen molar-refractivity contribution in [3.05, 3.63) is 0 Å². The fraction of sp³-hybridized carbons (Fsp3) is 0.867. The number of aliphatic hydroxyl groups is 1. The Morgan fingerprint density at radius 2 is 1.95 bits per heavy atom. The monoisotopic (exact) mass is 285 g/mol. The zero-order chi connectivity index (χ0) is 15.5. The summed E-state index contributed by atoms with van der Waals surface area (Å²) >= 11 is 0. The van der Waals surface area contributed by atoms with Gasteiger partial charge in [-0.3, -0.25) is 9.69 Å². The Morgan fingerprint density at radius 3 is 2.40 bits per heavy atom. The van der Waals surface area contributed by atoms with E-state index in [1.807, 2.05) is 0 Å². The van der Waals surface area contributed by atoms with E-state index < -0.39 is 23.8 Å². The number of carbonyl (C=O) groups is 2. The van der Waals surface area contributed by atoms with Gasteiger partial charge in [-0.25, -0.2) is 4.79 Å². The molecule has 1 aliphatic heterocycles. The van der Waals surface area contributed by atoms with Crippen LogP contribution in [-0.4, -0.2) is 46.2 Å². The Morgan fingerprint density at radius 1 is 1.35 bits per heavy atom. The third kappa shape index (κ3) is 4.20. The summed E-state index contributed by atoms with van der Waals surface area (Å²) in [5.41, 5.74) is -0.606. The van der Waals surface area contributed by atoms with E-state index in [2.05, 4.69) is 6.92 Å². The summed E-state index contributed by atoms with van der Waals surface area (Å²) in [6.07, 6.45) is 1.52. The van der Waals surface area contributed by atoms with E-state index in [1.165, 1.54) is 11.8 Å². The van der Waals surface area contributed by atoms with Crippen LogP contribution in [0.25, 0.3) is 0 Å². The van der Waals surface area contributed by atoms with Crippen LogP contribution in [0.2, 0.25) is 0 Å². The molecule has 1 N–H and O–H groups in total. The van der Waals surface area contributed by atoms with Gasteiger partial charge in [-0.1, -0.05) is 19.8 Å². The zero-order valence-electron chi connectivity index (χ0n) is 13.2. The molecule has 0 aliphatic carbocycles. The topological polar surface area (TPSA) is 66.8 Å². The number of β-amino-alcohol motifs (C(OH)–C–C–N with tert-alkyl or cyclic N) is 1. The summed E-state index contributed by atoms with van der Waals surface area (Å²) in [6, 6.07) is -0.564. The van der Waals surface area contributed by atoms with Crippen LogP contribution in [0.4, 0.5) is 4.79 Å². The minimum absolute atomic E-state index is 0.0893. The van der Waals surface area contributed by atoms with E-state index in [9.17, 15) is 14.7 Å². The molecule has 1 amide bonds. The molecule has 0 spiro atoms. The molecule has 20 heavy (non-hydrogen) atoms. The minimum Gasteiger partial charge on any atom is -0.444 e. The number of nitrogens with zero attached hydrogens (tertiary/aromatic N) is 1. The number of hydrogen-bond acceptors (Lipinski definition) is 4. The molecule has 5 heteroatoms. The molecule has 0 radical (unpaired) electrons. The normalized spacial score (nSPS) is 26.7. The van der Waals surface area contributed by atoms with Crippen molar-refractivity contribution in [1.29, 1.82) is 0 Å². The van der Waals surface area contributed by atoms with Crippen LogP contribution in [0, 0.1) is 5.92 Å². The Balaban J connectivity index is 2.85. The van der Waals surface area contributed by atoms with Crippen molar-refractivity contribution >= 4 is 11.9 Å². The van der Waals surface area contributed by atoms with E-state index in [1.54, 1.807) is 20.8 Å². The highest BCUT2D eigenvalue weighted by Gasteiger charge is 2.46.